The third-order valence-corrected chi connectivity index (χ3v) is 4.84. The van der Waals surface area contributed by atoms with Crippen molar-refractivity contribution < 1.29 is 31.9 Å². The highest BCUT2D eigenvalue weighted by atomic mass is 32.1. The molecule has 0 aliphatic rings. The summed E-state index contributed by atoms with van der Waals surface area (Å²) < 4.78 is 58.6. The molecule has 5 N–H and O–H groups in total. The Kier molecular flexibility index (Phi) is 7.82. The standard InChI is InChI=1S/C14H14F2N6OS.C2HF3O2/c15-13(16)8(4-17)3-12-20-21-14(23)22(12)7-10-1-2-11(24-10)9-5-18-19-6-9;3-2(4,5)1(6)7/h1-2,5-6H,3-4,7,17H2,(H,18,19)(H,21,23);(H,6,7). The second-order valence-corrected chi connectivity index (χ2v) is 7.00. The van der Waals surface area contributed by atoms with Crippen molar-refractivity contribution in [2.45, 2.75) is 19.1 Å². The van der Waals surface area contributed by atoms with Crippen LogP contribution in [0.15, 0.2) is 41.0 Å². The number of nitrogens with two attached hydrogens (primary N) is 1. The summed E-state index contributed by atoms with van der Waals surface area (Å²) >= 11 is 1.49. The van der Waals surface area contributed by atoms with Crippen molar-refractivity contribution in [3.8, 4) is 10.4 Å². The maximum absolute atomic E-state index is 12.8. The van der Waals surface area contributed by atoms with E-state index >= 15 is 0 Å². The van der Waals surface area contributed by atoms with E-state index in [1.807, 2.05) is 12.1 Å². The molecule has 3 heterocycles. The van der Waals surface area contributed by atoms with Crippen LogP contribution in [0.3, 0.4) is 0 Å². The van der Waals surface area contributed by atoms with Crippen molar-refractivity contribution in [2.75, 3.05) is 6.54 Å². The molecule has 0 saturated carbocycles. The van der Waals surface area contributed by atoms with Gasteiger partial charge in [0.15, 0.2) is 0 Å². The van der Waals surface area contributed by atoms with E-state index in [9.17, 15) is 26.7 Å². The fraction of sp³-hybridized carbons (Fsp3) is 0.250. The van der Waals surface area contributed by atoms with Crippen LogP contribution in [0.25, 0.3) is 10.4 Å². The van der Waals surface area contributed by atoms with Crippen LogP contribution in [-0.4, -0.2) is 48.8 Å². The number of nitrogens with one attached hydrogen (secondary N) is 2. The Morgan fingerprint density at radius 2 is 1.97 bits per heavy atom. The number of nitrogens with zero attached hydrogens (tertiary/aromatic N) is 3. The molecule has 0 fully saturated rings. The summed E-state index contributed by atoms with van der Waals surface area (Å²) in [5.41, 5.74) is 5.58. The van der Waals surface area contributed by atoms with Gasteiger partial charge < -0.3 is 10.8 Å². The molecule has 0 aromatic carbocycles. The number of carboxylic acids is 1. The van der Waals surface area contributed by atoms with Gasteiger partial charge in [-0.1, -0.05) is 0 Å². The Labute approximate surface area is 174 Å². The van der Waals surface area contributed by atoms with E-state index in [1.54, 1.807) is 12.4 Å². The highest BCUT2D eigenvalue weighted by molar-refractivity contribution is 7.15. The molecule has 15 heteroatoms. The largest absolute Gasteiger partial charge is 0.490 e. The SMILES string of the molecule is NCC(Cc1n[nH]c(=O)n1Cc1ccc(-c2cn[nH]c2)s1)=C(F)F.O=C(O)C(F)(F)F. The summed E-state index contributed by atoms with van der Waals surface area (Å²) in [6.45, 7) is -0.0357. The Morgan fingerprint density at radius 3 is 2.48 bits per heavy atom. The lowest BCUT2D eigenvalue weighted by Gasteiger charge is -2.05. The Bertz CT molecular complexity index is 1100. The van der Waals surface area contributed by atoms with Crippen LogP contribution >= 0.6 is 11.3 Å². The molecule has 31 heavy (non-hydrogen) atoms. The Morgan fingerprint density at radius 1 is 1.29 bits per heavy atom. The van der Waals surface area contributed by atoms with Gasteiger partial charge in [0.2, 0.25) is 0 Å². The fourth-order valence-corrected chi connectivity index (χ4v) is 3.19. The molecule has 0 unspecified atom stereocenters. The zero-order valence-corrected chi connectivity index (χ0v) is 16.2. The molecule has 0 bridgehead atoms. The molecule has 0 radical (unpaired) electrons. The van der Waals surface area contributed by atoms with Gasteiger partial charge in [0.1, 0.15) is 5.82 Å². The van der Waals surface area contributed by atoms with E-state index in [0.717, 1.165) is 15.3 Å². The van der Waals surface area contributed by atoms with E-state index in [1.165, 1.54) is 15.9 Å². The molecule has 0 aliphatic carbocycles. The lowest BCUT2D eigenvalue weighted by Crippen LogP contribution is -2.21. The number of alkyl halides is 3. The van der Waals surface area contributed by atoms with Crippen molar-refractivity contribution in [3.05, 3.63) is 57.4 Å². The molecule has 0 amide bonds. The average Bonchev–Trinajstić information content (AvgIpc) is 3.42. The van der Waals surface area contributed by atoms with Gasteiger partial charge in [-0.3, -0.25) is 9.67 Å². The predicted molar refractivity (Wildman–Crippen MR) is 99.5 cm³/mol. The first-order valence-electron chi connectivity index (χ1n) is 8.28. The minimum Gasteiger partial charge on any atom is -0.475 e. The van der Waals surface area contributed by atoms with Crippen molar-refractivity contribution >= 4 is 17.3 Å². The maximum atomic E-state index is 12.8. The second-order valence-electron chi connectivity index (χ2n) is 5.83. The molecule has 168 valence electrons. The first kappa shape index (κ1) is 23.9. The monoisotopic (exact) mass is 466 g/mol. The normalized spacial score (nSPS) is 11.0. The van der Waals surface area contributed by atoms with Crippen LogP contribution in [-0.2, 0) is 17.8 Å². The van der Waals surface area contributed by atoms with E-state index in [-0.39, 0.29) is 30.9 Å². The van der Waals surface area contributed by atoms with E-state index in [0.29, 0.717) is 0 Å². The van der Waals surface area contributed by atoms with Gasteiger partial charge in [-0.05, 0) is 12.1 Å². The molecule has 0 aliphatic heterocycles. The van der Waals surface area contributed by atoms with Crippen LogP contribution < -0.4 is 11.4 Å². The van der Waals surface area contributed by atoms with Crippen molar-refractivity contribution in [1.82, 2.24) is 25.0 Å². The van der Waals surface area contributed by atoms with Crippen LogP contribution in [0.1, 0.15) is 10.7 Å². The number of carboxylic acid groups (broad SMARTS) is 1. The van der Waals surface area contributed by atoms with Gasteiger partial charge in [0.25, 0.3) is 6.08 Å². The molecule has 3 aromatic heterocycles. The van der Waals surface area contributed by atoms with E-state index < -0.39 is 23.9 Å². The first-order valence-corrected chi connectivity index (χ1v) is 9.09. The Balaban J connectivity index is 0.000000423. The number of aromatic nitrogens is 5. The zero-order chi connectivity index (χ0) is 23.2. The summed E-state index contributed by atoms with van der Waals surface area (Å²) in [7, 11) is 0. The highest BCUT2D eigenvalue weighted by Crippen LogP contribution is 2.27. The van der Waals surface area contributed by atoms with Crippen molar-refractivity contribution in [2.24, 2.45) is 5.73 Å². The third-order valence-electron chi connectivity index (χ3n) is 3.72. The summed E-state index contributed by atoms with van der Waals surface area (Å²) in [5, 5.41) is 19.9. The molecular formula is C16H15F5N6O3S. The van der Waals surface area contributed by atoms with Gasteiger partial charge in [0, 0.05) is 40.1 Å². The van der Waals surface area contributed by atoms with Crippen LogP contribution in [0.5, 0.6) is 0 Å². The van der Waals surface area contributed by atoms with E-state index in [2.05, 4.69) is 20.4 Å². The maximum Gasteiger partial charge on any atom is 0.490 e. The van der Waals surface area contributed by atoms with Crippen LogP contribution in [0, 0.1) is 0 Å². The van der Waals surface area contributed by atoms with Crippen molar-refractivity contribution in [3.63, 3.8) is 0 Å². The van der Waals surface area contributed by atoms with Gasteiger partial charge in [-0.2, -0.15) is 32.1 Å². The second kappa shape index (κ2) is 10.1. The molecule has 3 aromatic rings. The summed E-state index contributed by atoms with van der Waals surface area (Å²) in [5.74, 6) is -2.53. The molecule has 0 saturated heterocycles. The van der Waals surface area contributed by atoms with E-state index in [4.69, 9.17) is 15.6 Å². The number of H-pyrrole nitrogens is 2. The molecule has 3 rings (SSSR count). The first-order chi connectivity index (χ1) is 14.5. The number of halogens is 5. The molecular weight excluding hydrogens is 451 g/mol. The smallest absolute Gasteiger partial charge is 0.475 e. The quantitative estimate of drug-likeness (QED) is 0.411. The third kappa shape index (κ3) is 6.58. The highest BCUT2D eigenvalue weighted by Gasteiger charge is 2.38. The molecule has 9 nitrogen and oxygen atoms in total. The number of rotatable bonds is 6. The van der Waals surface area contributed by atoms with Crippen LogP contribution in [0.2, 0.25) is 0 Å². The summed E-state index contributed by atoms with van der Waals surface area (Å²) in [6.07, 6.45) is -3.61. The predicted octanol–water partition coefficient (Wildman–Crippen LogP) is 2.36. The number of thiophene rings is 1. The zero-order valence-electron chi connectivity index (χ0n) is 15.4. The summed E-state index contributed by atoms with van der Waals surface area (Å²) in [6, 6.07) is 3.80. The summed E-state index contributed by atoms with van der Waals surface area (Å²) in [4.78, 5) is 22.7. The minimum absolute atomic E-state index is 0.169. The van der Waals surface area contributed by atoms with Gasteiger partial charge in [-0.15, -0.1) is 11.3 Å². The van der Waals surface area contributed by atoms with Gasteiger partial charge in [0.05, 0.1) is 12.7 Å². The number of hydrogen-bond donors (Lipinski definition) is 4. The Hall–Kier alpha value is -3.33. The number of aromatic amines is 2. The number of hydrogen-bond acceptors (Lipinski definition) is 6. The lowest BCUT2D eigenvalue weighted by molar-refractivity contribution is -0.192. The molecule has 0 spiro atoms. The lowest BCUT2D eigenvalue weighted by atomic mass is 10.2. The minimum atomic E-state index is -5.08. The topological polar surface area (TPSA) is 143 Å². The van der Waals surface area contributed by atoms with Crippen molar-refractivity contribution in [1.29, 1.82) is 0 Å². The van der Waals surface area contributed by atoms with Crippen LogP contribution in [0.4, 0.5) is 22.0 Å². The van der Waals surface area contributed by atoms with Gasteiger partial charge in [-0.25, -0.2) is 14.7 Å². The number of carbonyl (C=O) groups is 1. The number of aliphatic carboxylic acids is 1. The average molecular weight is 466 g/mol. The fourth-order valence-electron chi connectivity index (χ4n) is 2.21. The molecule has 0 atom stereocenters. The van der Waals surface area contributed by atoms with Gasteiger partial charge >= 0.3 is 17.8 Å².